The summed E-state index contributed by atoms with van der Waals surface area (Å²) in [5.74, 6) is 0.342. The second-order valence-corrected chi connectivity index (χ2v) is 14.9. The van der Waals surface area contributed by atoms with Crippen LogP contribution < -0.4 is 4.90 Å². The Morgan fingerprint density at radius 3 is 1.76 bits per heavy atom. The van der Waals surface area contributed by atoms with Crippen molar-refractivity contribution in [1.29, 1.82) is 0 Å². The zero-order valence-corrected chi connectivity index (χ0v) is 29.8. The van der Waals surface area contributed by atoms with Gasteiger partial charge in [0.15, 0.2) is 0 Å². The van der Waals surface area contributed by atoms with Crippen molar-refractivity contribution in [3.63, 3.8) is 0 Å². The molecule has 0 amide bonds. The standard InChI is InChI=1S/C49H43NO/c1-33-42(30-28-41(51)31-37-15-9-11-17-45(37)48(33,2)3)36-21-25-39(26-22-36)50(38-23-19-35(20-24-38)34-13-7-6-8-14-34)40-27-29-44-43-16-10-12-18-46(43)49(4,5)47(44)32-40/h6-30,32,51H,1,31H2,2-5H3/b41-28+,42-30+. The third-order valence-corrected chi connectivity index (χ3v) is 11.1. The summed E-state index contributed by atoms with van der Waals surface area (Å²) >= 11 is 0. The van der Waals surface area contributed by atoms with Crippen LogP contribution in [0.2, 0.25) is 0 Å². The van der Waals surface area contributed by atoms with E-state index in [-0.39, 0.29) is 10.8 Å². The van der Waals surface area contributed by atoms with Crippen molar-refractivity contribution >= 4 is 22.6 Å². The van der Waals surface area contributed by atoms with Gasteiger partial charge in [0.25, 0.3) is 0 Å². The van der Waals surface area contributed by atoms with E-state index in [9.17, 15) is 5.11 Å². The quantitative estimate of drug-likeness (QED) is 0.199. The van der Waals surface area contributed by atoms with Gasteiger partial charge in [0.05, 0.1) is 5.76 Å². The largest absolute Gasteiger partial charge is 0.512 e. The molecule has 0 bridgehead atoms. The molecule has 0 radical (unpaired) electrons. The fraction of sp³-hybridized carbons (Fsp3) is 0.143. The number of aliphatic hydroxyl groups excluding tert-OH is 1. The highest BCUT2D eigenvalue weighted by Crippen LogP contribution is 2.51. The van der Waals surface area contributed by atoms with E-state index in [1.807, 2.05) is 18.2 Å². The van der Waals surface area contributed by atoms with Gasteiger partial charge in [-0.3, -0.25) is 0 Å². The molecule has 0 atom stereocenters. The second kappa shape index (κ2) is 12.5. The number of nitrogens with zero attached hydrogens (tertiary/aromatic N) is 1. The lowest BCUT2D eigenvalue weighted by molar-refractivity contribution is 0.398. The van der Waals surface area contributed by atoms with E-state index in [4.69, 9.17) is 0 Å². The predicted octanol–water partition coefficient (Wildman–Crippen LogP) is 13.0. The molecule has 0 saturated carbocycles. The van der Waals surface area contributed by atoms with Gasteiger partial charge in [-0.15, -0.1) is 0 Å². The number of hydrogen-bond acceptors (Lipinski definition) is 2. The van der Waals surface area contributed by atoms with Crippen LogP contribution in [0.5, 0.6) is 0 Å². The fourth-order valence-corrected chi connectivity index (χ4v) is 8.09. The summed E-state index contributed by atoms with van der Waals surface area (Å²) in [6, 6.07) is 52.3. The normalized spacial score (nSPS) is 17.7. The van der Waals surface area contributed by atoms with Gasteiger partial charge >= 0.3 is 0 Å². The summed E-state index contributed by atoms with van der Waals surface area (Å²) < 4.78 is 0. The summed E-state index contributed by atoms with van der Waals surface area (Å²) in [6.07, 6.45) is 4.36. The number of rotatable bonds is 5. The number of allylic oxidation sites excluding steroid dienone is 5. The zero-order chi connectivity index (χ0) is 35.3. The summed E-state index contributed by atoms with van der Waals surface area (Å²) in [6.45, 7) is 13.8. The van der Waals surface area contributed by atoms with Crippen LogP contribution in [0.15, 0.2) is 176 Å². The first-order chi connectivity index (χ1) is 24.6. The number of aliphatic hydroxyl groups is 1. The molecule has 0 fully saturated rings. The molecule has 0 spiro atoms. The van der Waals surface area contributed by atoms with E-state index < -0.39 is 0 Å². The molecule has 0 aliphatic heterocycles. The van der Waals surface area contributed by atoms with Crippen LogP contribution in [-0.4, -0.2) is 5.11 Å². The highest BCUT2D eigenvalue weighted by Gasteiger charge is 2.36. The maximum Gasteiger partial charge on any atom is 0.0966 e. The molecular weight excluding hydrogens is 619 g/mol. The molecule has 2 aliphatic carbocycles. The Balaban J connectivity index is 1.22. The summed E-state index contributed by atoms with van der Waals surface area (Å²) in [5.41, 5.74) is 16.0. The van der Waals surface area contributed by atoms with Gasteiger partial charge in [-0.25, -0.2) is 0 Å². The van der Waals surface area contributed by atoms with Gasteiger partial charge in [0.2, 0.25) is 0 Å². The lowest BCUT2D eigenvalue weighted by Crippen LogP contribution is -2.22. The maximum atomic E-state index is 10.9. The van der Waals surface area contributed by atoms with Crippen molar-refractivity contribution in [3.05, 3.63) is 203 Å². The molecule has 2 aliphatic rings. The molecule has 0 heterocycles. The van der Waals surface area contributed by atoms with Crippen molar-refractivity contribution in [2.24, 2.45) is 0 Å². The topological polar surface area (TPSA) is 23.5 Å². The second-order valence-electron chi connectivity index (χ2n) is 14.9. The third kappa shape index (κ3) is 5.62. The maximum absolute atomic E-state index is 10.9. The average molecular weight is 662 g/mol. The zero-order valence-electron chi connectivity index (χ0n) is 29.8. The van der Waals surface area contributed by atoms with Gasteiger partial charge in [-0.2, -0.15) is 0 Å². The number of hydrogen-bond donors (Lipinski definition) is 1. The first-order valence-electron chi connectivity index (χ1n) is 17.8. The highest BCUT2D eigenvalue weighted by atomic mass is 16.3. The van der Waals surface area contributed by atoms with Crippen molar-refractivity contribution < 1.29 is 5.11 Å². The molecule has 8 rings (SSSR count). The Hall–Kier alpha value is -5.86. The molecule has 1 N–H and O–H groups in total. The number of fused-ring (bicyclic) bond motifs is 4. The van der Waals surface area contributed by atoms with Crippen LogP contribution in [0.4, 0.5) is 17.1 Å². The lowest BCUT2D eigenvalue weighted by atomic mass is 9.72. The van der Waals surface area contributed by atoms with Gasteiger partial charge in [0.1, 0.15) is 0 Å². The van der Waals surface area contributed by atoms with E-state index >= 15 is 0 Å². The lowest BCUT2D eigenvalue weighted by Gasteiger charge is -2.32. The highest BCUT2D eigenvalue weighted by molar-refractivity contribution is 5.87. The van der Waals surface area contributed by atoms with Crippen LogP contribution in [0.1, 0.15) is 55.5 Å². The first kappa shape index (κ1) is 32.4. The van der Waals surface area contributed by atoms with Gasteiger partial charge in [-0.1, -0.05) is 150 Å². The predicted molar refractivity (Wildman–Crippen MR) is 215 cm³/mol. The number of benzene rings is 6. The number of anilines is 3. The van der Waals surface area contributed by atoms with Crippen LogP contribution >= 0.6 is 0 Å². The van der Waals surface area contributed by atoms with E-state index in [1.165, 1.54) is 38.9 Å². The van der Waals surface area contributed by atoms with Crippen molar-refractivity contribution in [2.45, 2.75) is 44.9 Å². The van der Waals surface area contributed by atoms with E-state index in [0.29, 0.717) is 12.2 Å². The Kier molecular flexibility index (Phi) is 7.91. The third-order valence-electron chi connectivity index (χ3n) is 11.1. The molecular formula is C49H43NO. The molecule has 6 aromatic rings. The van der Waals surface area contributed by atoms with Crippen molar-refractivity contribution in [1.82, 2.24) is 0 Å². The molecule has 0 unspecified atom stereocenters. The van der Waals surface area contributed by atoms with E-state index in [0.717, 1.165) is 39.3 Å². The minimum absolute atomic E-state index is 0.108. The van der Waals surface area contributed by atoms with E-state index in [2.05, 4.69) is 179 Å². The Bertz CT molecular complexity index is 2340. The van der Waals surface area contributed by atoms with Gasteiger partial charge in [0, 0.05) is 34.3 Å². The monoisotopic (exact) mass is 661 g/mol. The molecule has 51 heavy (non-hydrogen) atoms. The SMILES string of the molecule is C=C1/C(c2ccc(N(c3ccc(-c4ccccc4)cc3)c3ccc4c(c3)C(C)(C)c3ccccc3-4)cc2)=C\C=C(\O)Cc2ccccc2C1(C)C. The molecule has 2 heteroatoms. The molecule has 6 aromatic carbocycles. The summed E-state index contributed by atoms with van der Waals surface area (Å²) in [7, 11) is 0. The fourth-order valence-electron chi connectivity index (χ4n) is 8.09. The van der Waals surface area contributed by atoms with Crippen LogP contribution in [-0.2, 0) is 17.3 Å². The summed E-state index contributed by atoms with van der Waals surface area (Å²) in [5, 5.41) is 10.9. The molecule has 0 saturated heterocycles. The average Bonchev–Trinajstić information content (AvgIpc) is 3.40. The minimum Gasteiger partial charge on any atom is -0.512 e. The molecule has 250 valence electrons. The Labute approximate surface area is 302 Å². The minimum atomic E-state index is -0.332. The van der Waals surface area contributed by atoms with Gasteiger partial charge < -0.3 is 10.0 Å². The van der Waals surface area contributed by atoms with Crippen molar-refractivity contribution in [2.75, 3.05) is 4.90 Å². The Morgan fingerprint density at radius 1 is 0.510 bits per heavy atom. The Morgan fingerprint density at radius 2 is 1.06 bits per heavy atom. The van der Waals surface area contributed by atoms with E-state index in [1.54, 1.807) is 0 Å². The first-order valence-corrected chi connectivity index (χ1v) is 17.8. The van der Waals surface area contributed by atoms with Crippen LogP contribution in [0.25, 0.3) is 27.8 Å². The van der Waals surface area contributed by atoms with Crippen molar-refractivity contribution in [3.8, 4) is 22.3 Å². The molecule has 2 nitrogen and oxygen atoms in total. The van der Waals surface area contributed by atoms with Gasteiger partial charge in [-0.05, 0) is 104 Å². The van der Waals surface area contributed by atoms with Crippen LogP contribution in [0.3, 0.4) is 0 Å². The van der Waals surface area contributed by atoms with Crippen LogP contribution in [0, 0.1) is 0 Å². The summed E-state index contributed by atoms with van der Waals surface area (Å²) in [4.78, 5) is 2.36. The molecule has 0 aromatic heterocycles. The smallest absolute Gasteiger partial charge is 0.0966 e.